The van der Waals surface area contributed by atoms with Crippen LogP contribution in [0, 0.1) is 5.41 Å². The van der Waals surface area contributed by atoms with E-state index in [1.165, 1.54) is 10.6 Å². The van der Waals surface area contributed by atoms with Gasteiger partial charge in [-0.15, -0.1) is 0 Å². The van der Waals surface area contributed by atoms with Crippen molar-refractivity contribution in [3.05, 3.63) is 33.2 Å². The molecular weight excluding hydrogens is 324 g/mol. The lowest BCUT2D eigenvalue weighted by Gasteiger charge is -2.31. The number of carbonyl (C=O) groups excluding carboxylic acids is 1. The molecule has 112 valence electrons. The number of hydrogen-bond donors (Lipinski definition) is 2. The Hall–Kier alpha value is -1.14. The molecule has 1 heterocycles. The largest absolute Gasteiger partial charge is 0.396 e. The number of hydrogen-bond acceptors (Lipinski definition) is 3. The Labute approximate surface area is 127 Å². The van der Waals surface area contributed by atoms with Crippen LogP contribution in [-0.4, -0.2) is 28.2 Å². The second-order valence-corrected chi connectivity index (χ2v) is 6.73. The smallest absolute Gasteiger partial charge is 0.251 e. The zero-order valence-corrected chi connectivity index (χ0v) is 13.6. The lowest BCUT2D eigenvalue weighted by molar-refractivity contribution is -0.123. The molecule has 5 nitrogen and oxygen atoms in total. The second kappa shape index (κ2) is 7.04. The Kier molecular flexibility index (Phi) is 5.95. The van der Waals surface area contributed by atoms with Crippen molar-refractivity contribution < 1.29 is 9.90 Å². The zero-order valence-electron chi connectivity index (χ0n) is 12.0. The van der Waals surface area contributed by atoms with Crippen LogP contribution in [0.4, 0.5) is 0 Å². The monoisotopic (exact) mass is 344 g/mol. The lowest BCUT2D eigenvalue weighted by atomic mass is 9.85. The van der Waals surface area contributed by atoms with Crippen LogP contribution in [0.3, 0.4) is 0 Å². The minimum absolute atomic E-state index is 0.0129. The van der Waals surface area contributed by atoms with Crippen LogP contribution in [-0.2, 0) is 11.3 Å². The number of aromatic nitrogens is 1. The molecule has 0 aromatic carbocycles. The van der Waals surface area contributed by atoms with Gasteiger partial charge < -0.3 is 15.0 Å². The van der Waals surface area contributed by atoms with E-state index in [1.54, 1.807) is 12.3 Å². The van der Waals surface area contributed by atoms with E-state index in [0.29, 0.717) is 6.42 Å². The van der Waals surface area contributed by atoms with Crippen molar-refractivity contribution >= 4 is 21.8 Å². The van der Waals surface area contributed by atoms with Gasteiger partial charge in [0.05, 0.1) is 0 Å². The van der Waals surface area contributed by atoms with Crippen molar-refractivity contribution in [2.75, 3.05) is 6.61 Å². The summed E-state index contributed by atoms with van der Waals surface area (Å²) >= 11 is 3.27. The number of halogens is 1. The van der Waals surface area contributed by atoms with E-state index in [-0.39, 0.29) is 36.1 Å². The van der Waals surface area contributed by atoms with Gasteiger partial charge in [-0.3, -0.25) is 9.59 Å². The molecule has 0 bridgehead atoms. The molecule has 0 saturated carbocycles. The summed E-state index contributed by atoms with van der Waals surface area (Å²) in [6.45, 7) is 5.98. The molecule has 0 saturated heterocycles. The van der Waals surface area contributed by atoms with Gasteiger partial charge in [0.2, 0.25) is 5.91 Å². The van der Waals surface area contributed by atoms with E-state index < -0.39 is 0 Å². The Morgan fingerprint density at radius 3 is 2.65 bits per heavy atom. The van der Waals surface area contributed by atoms with Gasteiger partial charge in [0.1, 0.15) is 6.54 Å². The van der Waals surface area contributed by atoms with Crippen molar-refractivity contribution in [2.24, 2.45) is 5.41 Å². The Morgan fingerprint density at radius 1 is 1.45 bits per heavy atom. The van der Waals surface area contributed by atoms with Crippen LogP contribution in [0.25, 0.3) is 0 Å². The van der Waals surface area contributed by atoms with E-state index in [2.05, 4.69) is 21.2 Å². The summed E-state index contributed by atoms with van der Waals surface area (Å²) in [5, 5.41) is 11.9. The maximum Gasteiger partial charge on any atom is 0.251 e. The number of aliphatic hydroxyl groups is 1. The fraction of sp³-hybridized carbons (Fsp3) is 0.571. The average molecular weight is 345 g/mol. The molecule has 0 fully saturated rings. The van der Waals surface area contributed by atoms with Crippen LogP contribution in [0.1, 0.15) is 27.2 Å². The van der Waals surface area contributed by atoms with Gasteiger partial charge in [-0.1, -0.05) is 20.8 Å². The molecular formula is C14H21BrN2O3. The summed E-state index contributed by atoms with van der Waals surface area (Å²) in [4.78, 5) is 23.7. The normalized spacial score (nSPS) is 13.1. The standard InChI is InChI=1S/C14H21BrN2O3/c1-14(2,3)11(6-7-18)16-12(19)9-17-8-10(15)4-5-13(17)20/h4-5,8,11,18H,6-7,9H2,1-3H3,(H,16,19). The first kappa shape index (κ1) is 16.9. The van der Waals surface area contributed by atoms with Crippen LogP contribution in [0.15, 0.2) is 27.6 Å². The molecule has 1 aromatic heterocycles. The second-order valence-electron chi connectivity index (χ2n) is 5.81. The molecule has 1 amide bonds. The Bertz CT molecular complexity index is 520. The zero-order chi connectivity index (χ0) is 15.3. The number of rotatable bonds is 5. The summed E-state index contributed by atoms with van der Waals surface area (Å²) in [5.74, 6) is -0.237. The third-order valence-corrected chi connectivity index (χ3v) is 3.53. The van der Waals surface area contributed by atoms with Gasteiger partial charge in [0.15, 0.2) is 0 Å². The van der Waals surface area contributed by atoms with Gasteiger partial charge in [-0.25, -0.2) is 0 Å². The van der Waals surface area contributed by atoms with Crippen LogP contribution < -0.4 is 10.9 Å². The predicted octanol–water partition coefficient (Wildman–Crippen LogP) is 1.52. The third kappa shape index (κ3) is 5.09. The highest BCUT2D eigenvalue weighted by molar-refractivity contribution is 9.10. The number of amides is 1. The Morgan fingerprint density at radius 2 is 2.10 bits per heavy atom. The SMILES string of the molecule is CC(C)(C)C(CCO)NC(=O)Cn1cc(Br)ccc1=O. The van der Waals surface area contributed by atoms with Crippen LogP contribution >= 0.6 is 15.9 Å². The quantitative estimate of drug-likeness (QED) is 0.850. The van der Waals surface area contributed by atoms with Gasteiger partial charge in [-0.05, 0) is 33.8 Å². The molecule has 6 heteroatoms. The Balaban J connectivity index is 2.76. The average Bonchev–Trinajstić information content (AvgIpc) is 2.32. The summed E-state index contributed by atoms with van der Waals surface area (Å²) in [5.41, 5.74) is -0.376. The van der Waals surface area contributed by atoms with Crippen LogP contribution in [0.5, 0.6) is 0 Å². The maximum absolute atomic E-state index is 12.0. The molecule has 1 aromatic rings. The molecule has 1 rings (SSSR count). The van der Waals surface area contributed by atoms with E-state index in [1.807, 2.05) is 20.8 Å². The molecule has 0 aliphatic rings. The van der Waals surface area contributed by atoms with E-state index >= 15 is 0 Å². The number of aliphatic hydroxyl groups excluding tert-OH is 1. The van der Waals surface area contributed by atoms with Crippen LogP contribution in [0.2, 0.25) is 0 Å². The van der Waals surface area contributed by atoms with Gasteiger partial charge in [0, 0.05) is 29.4 Å². The number of carbonyl (C=O) groups is 1. The molecule has 0 radical (unpaired) electrons. The summed E-state index contributed by atoms with van der Waals surface area (Å²) in [7, 11) is 0. The fourth-order valence-electron chi connectivity index (χ4n) is 1.87. The highest BCUT2D eigenvalue weighted by Gasteiger charge is 2.25. The highest BCUT2D eigenvalue weighted by atomic mass is 79.9. The first-order chi connectivity index (χ1) is 9.24. The minimum Gasteiger partial charge on any atom is -0.396 e. The number of nitrogens with one attached hydrogen (secondary N) is 1. The van der Waals surface area contributed by atoms with Crippen molar-refractivity contribution in [1.82, 2.24) is 9.88 Å². The third-order valence-electron chi connectivity index (χ3n) is 3.06. The molecule has 0 aliphatic carbocycles. The molecule has 20 heavy (non-hydrogen) atoms. The first-order valence-electron chi connectivity index (χ1n) is 6.50. The summed E-state index contributed by atoms with van der Waals surface area (Å²) < 4.78 is 2.09. The topological polar surface area (TPSA) is 71.3 Å². The van der Waals surface area contributed by atoms with Gasteiger partial charge >= 0.3 is 0 Å². The predicted molar refractivity (Wildman–Crippen MR) is 81.5 cm³/mol. The number of nitrogens with zero attached hydrogens (tertiary/aromatic N) is 1. The van der Waals surface area contributed by atoms with E-state index in [4.69, 9.17) is 5.11 Å². The summed E-state index contributed by atoms with van der Waals surface area (Å²) in [6, 6.07) is 2.91. The first-order valence-corrected chi connectivity index (χ1v) is 7.29. The number of pyridine rings is 1. The van der Waals surface area contributed by atoms with Gasteiger partial charge in [-0.2, -0.15) is 0 Å². The minimum atomic E-state index is -0.237. The fourth-order valence-corrected chi connectivity index (χ4v) is 2.25. The molecule has 1 atom stereocenters. The van der Waals surface area contributed by atoms with Crippen molar-refractivity contribution in [3.8, 4) is 0 Å². The molecule has 2 N–H and O–H groups in total. The van der Waals surface area contributed by atoms with Crippen molar-refractivity contribution in [2.45, 2.75) is 39.8 Å². The maximum atomic E-state index is 12.0. The summed E-state index contributed by atoms with van der Waals surface area (Å²) in [6.07, 6.45) is 2.07. The van der Waals surface area contributed by atoms with E-state index in [0.717, 1.165) is 4.47 Å². The molecule has 0 aliphatic heterocycles. The molecule has 1 unspecified atom stereocenters. The lowest BCUT2D eigenvalue weighted by Crippen LogP contribution is -2.46. The highest BCUT2D eigenvalue weighted by Crippen LogP contribution is 2.21. The van der Waals surface area contributed by atoms with E-state index in [9.17, 15) is 9.59 Å². The van der Waals surface area contributed by atoms with Gasteiger partial charge in [0.25, 0.3) is 5.56 Å². The van der Waals surface area contributed by atoms with Crippen molar-refractivity contribution in [3.63, 3.8) is 0 Å². The van der Waals surface area contributed by atoms with Crippen molar-refractivity contribution in [1.29, 1.82) is 0 Å². The molecule has 0 spiro atoms.